The van der Waals surface area contributed by atoms with Gasteiger partial charge in [0.25, 0.3) is 0 Å². The van der Waals surface area contributed by atoms with Crippen LogP contribution in [-0.4, -0.2) is 35.0 Å². The van der Waals surface area contributed by atoms with Crippen molar-refractivity contribution in [3.05, 3.63) is 70.8 Å². The Morgan fingerprint density at radius 2 is 1.56 bits per heavy atom. The molecular weight excluding hydrogens is 338 g/mol. The van der Waals surface area contributed by atoms with E-state index < -0.39 is 17.3 Å². The molecule has 1 heterocycles. The van der Waals surface area contributed by atoms with E-state index >= 15 is 0 Å². The van der Waals surface area contributed by atoms with Crippen molar-refractivity contribution < 1.29 is 14.7 Å². The van der Waals surface area contributed by atoms with E-state index in [-0.39, 0.29) is 24.3 Å². The van der Waals surface area contributed by atoms with E-state index in [2.05, 4.69) is 19.1 Å². The van der Waals surface area contributed by atoms with Crippen molar-refractivity contribution in [1.82, 2.24) is 4.90 Å². The van der Waals surface area contributed by atoms with Crippen LogP contribution in [0.4, 0.5) is 0 Å². The molecule has 138 valence electrons. The molecule has 27 heavy (non-hydrogen) atoms. The number of imide groups is 1. The smallest absolute Gasteiger partial charge is 0.234 e. The van der Waals surface area contributed by atoms with Crippen LogP contribution in [-0.2, 0) is 15.0 Å². The van der Waals surface area contributed by atoms with Crippen LogP contribution in [0.15, 0.2) is 48.5 Å². The first-order chi connectivity index (χ1) is 13.2. The molecule has 1 aliphatic heterocycles. The fourth-order valence-corrected chi connectivity index (χ4v) is 5.79. The number of nitrogens with zero attached hydrogens (tertiary/aromatic N) is 1. The van der Waals surface area contributed by atoms with Crippen molar-refractivity contribution >= 4 is 11.8 Å². The van der Waals surface area contributed by atoms with Crippen LogP contribution in [0.5, 0.6) is 0 Å². The minimum Gasteiger partial charge on any atom is -0.395 e. The van der Waals surface area contributed by atoms with Crippen molar-refractivity contribution in [2.45, 2.75) is 31.1 Å². The van der Waals surface area contributed by atoms with Crippen LogP contribution in [0, 0.1) is 11.8 Å². The lowest BCUT2D eigenvalue weighted by Crippen LogP contribution is -2.55. The summed E-state index contributed by atoms with van der Waals surface area (Å²) >= 11 is 0. The molecule has 2 bridgehead atoms. The van der Waals surface area contributed by atoms with Gasteiger partial charge in [0.1, 0.15) is 0 Å². The Morgan fingerprint density at radius 3 is 2.11 bits per heavy atom. The third-order valence-corrected chi connectivity index (χ3v) is 6.87. The highest BCUT2D eigenvalue weighted by molar-refractivity contribution is 6.08. The summed E-state index contributed by atoms with van der Waals surface area (Å²) < 4.78 is 0. The number of likely N-dealkylation sites (tertiary alicyclic amines) is 1. The zero-order valence-electron chi connectivity index (χ0n) is 15.4. The van der Waals surface area contributed by atoms with Gasteiger partial charge in [-0.2, -0.15) is 0 Å². The minimum absolute atomic E-state index is 0.0646. The van der Waals surface area contributed by atoms with Crippen LogP contribution >= 0.6 is 0 Å². The zero-order valence-corrected chi connectivity index (χ0v) is 15.4. The molecule has 0 unspecified atom stereocenters. The van der Waals surface area contributed by atoms with Crippen molar-refractivity contribution in [3.8, 4) is 0 Å². The molecule has 4 heteroatoms. The number of unbranched alkanes of at least 4 members (excludes halogenated alkanes) is 1. The van der Waals surface area contributed by atoms with Gasteiger partial charge in [0.2, 0.25) is 11.8 Å². The van der Waals surface area contributed by atoms with Gasteiger partial charge in [0.05, 0.1) is 23.9 Å². The maximum Gasteiger partial charge on any atom is 0.234 e. The molecule has 1 fully saturated rings. The van der Waals surface area contributed by atoms with Crippen molar-refractivity contribution in [3.63, 3.8) is 0 Å². The molecule has 2 amide bonds. The molecule has 4 aliphatic rings. The van der Waals surface area contributed by atoms with Gasteiger partial charge in [0.15, 0.2) is 0 Å². The van der Waals surface area contributed by atoms with E-state index in [1.54, 1.807) is 0 Å². The third-order valence-electron chi connectivity index (χ3n) is 6.87. The van der Waals surface area contributed by atoms with E-state index in [4.69, 9.17) is 0 Å². The van der Waals surface area contributed by atoms with Crippen LogP contribution < -0.4 is 0 Å². The van der Waals surface area contributed by atoms with Gasteiger partial charge in [-0.15, -0.1) is 0 Å². The summed E-state index contributed by atoms with van der Waals surface area (Å²) in [4.78, 5) is 28.2. The SMILES string of the molecule is CCCCN1C(=O)[C@@H]2C3c4ccccc4C(CO)(c4ccccc43)[C@@H]2C1=O. The Labute approximate surface area is 158 Å². The van der Waals surface area contributed by atoms with Gasteiger partial charge in [-0.25, -0.2) is 0 Å². The summed E-state index contributed by atoms with van der Waals surface area (Å²) in [5.74, 6) is -1.21. The topological polar surface area (TPSA) is 57.6 Å². The molecule has 6 rings (SSSR count). The summed E-state index contributed by atoms with van der Waals surface area (Å²) in [6.07, 6.45) is 1.75. The number of carbonyl (C=O) groups excluding carboxylic acids is 2. The molecule has 2 atom stereocenters. The maximum atomic E-state index is 13.4. The Kier molecular flexibility index (Phi) is 3.57. The monoisotopic (exact) mass is 361 g/mol. The predicted octanol–water partition coefficient (Wildman–Crippen LogP) is 2.83. The largest absolute Gasteiger partial charge is 0.395 e. The fourth-order valence-electron chi connectivity index (χ4n) is 5.79. The van der Waals surface area contributed by atoms with Crippen molar-refractivity contribution in [2.75, 3.05) is 13.2 Å². The van der Waals surface area contributed by atoms with Gasteiger partial charge >= 0.3 is 0 Å². The third kappa shape index (κ3) is 1.86. The number of hydrogen-bond acceptors (Lipinski definition) is 3. The molecule has 0 aromatic heterocycles. The molecular formula is C23H23NO3. The van der Waals surface area contributed by atoms with E-state index in [1.807, 2.05) is 36.4 Å². The van der Waals surface area contributed by atoms with Gasteiger partial charge in [-0.1, -0.05) is 61.9 Å². The second-order valence-corrected chi connectivity index (χ2v) is 7.97. The molecule has 2 aromatic rings. The van der Waals surface area contributed by atoms with E-state index in [9.17, 15) is 14.7 Å². The van der Waals surface area contributed by atoms with E-state index in [0.29, 0.717) is 6.54 Å². The highest BCUT2D eigenvalue weighted by atomic mass is 16.3. The average Bonchev–Trinajstić information content (AvgIpc) is 2.97. The van der Waals surface area contributed by atoms with Gasteiger partial charge in [-0.3, -0.25) is 14.5 Å². The van der Waals surface area contributed by atoms with Crippen LogP contribution in [0.25, 0.3) is 0 Å². The molecule has 0 saturated carbocycles. The maximum absolute atomic E-state index is 13.4. The van der Waals surface area contributed by atoms with Crippen molar-refractivity contribution in [1.29, 1.82) is 0 Å². The number of hydrogen-bond donors (Lipinski definition) is 1. The average molecular weight is 361 g/mol. The fraction of sp³-hybridized carbons (Fsp3) is 0.391. The Hall–Kier alpha value is -2.46. The second kappa shape index (κ2) is 5.77. The Bertz CT molecular complexity index is 903. The van der Waals surface area contributed by atoms with Crippen LogP contribution in [0.1, 0.15) is 47.9 Å². The van der Waals surface area contributed by atoms with Crippen molar-refractivity contribution in [2.24, 2.45) is 11.8 Å². The number of carbonyl (C=O) groups is 2. The number of benzene rings is 2. The molecule has 2 aromatic carbocycles. The Morgan fingerprint density at radius 1 is 0.963 bits per heavy atom. The van der Waals surface area contributed by atoms with Gasteiger partial charge < -0.3 is 5.11 Å². The minimum atomic E-state index is -0.833. The van der Waals surface area contributed by atoms with Crippen LogP contribution in [0.3, 0.4) is 0 Å². The summed E-state index contributed by atoms with van der Waals surface area (Å²) in [5.41, 5.74) is 3.36. The number of rotatable bonds is 4. The Balaban J connectivity index is 1.79. The molecule has 1 saturated heterocycles. The summed E-state index contributed by atoms with van der Waals surface area (Å²) in [6, 6.07) is 16.1. The first-order valence-corrected chi connectivity index (χ1v) is 9.81. The lowest BCUT2D eigenvalue weighted by atomic mass is 9.47. The first-order valence-electron chi connectivity index (χ1n) is 9.81. The highest BCUT2D eigenvalue weighted by Crippen LogP contribution is 2.63. The molecule has 3 aliphatic carbocycles. The number of aliphatic hydroxyl groups excluding tert-OH is 1. The van der Waals surface area contributed by atoms with Crippen LogP contribution in [0.2, 0.25) is 0 Å². The quantitative estimate of drug-likeness (QED) is 0.852. The normalized spacial score (nSPS) is 30.3. The number of amides is 2. The summed E-state index contributed by atoms with van der Waals surface area (Å²) in [5, 5.41) is 10.7. The first kappa shape index (κ1) is 16.7. The lowest BCUT2D eigenvalue weighted by Gasteiger charge is -2.53. The summed E-state index contributed by atoms with van der Waals surface area (Å²) in [7, 11) is 0. The van der Waals surface area contributed by atoms with E-state index in [0.717, 1.165) is 35.1 Å². The summed E-state index contributed by atoms with van der Waals surface area (Å²) in [6.45, 7) is 2.36. The molecule has 4 nitrogen and oxygen atoms in total. The zero-order chi connectivity index (χ0) is 18.8. The molecule has 0 radical (unpaired) electrons. The lowest BCUT2D eigenvalue weighted by molar-refractivity contribution is -0.140. The molecule has 0 spiro atoms. The van der Waals surface area contributed by atoms with E-state index in [1.165, 1.54) is 4.90 Å². The number of aliphatic hydroxyl groups is 1. The highest BCUT2D eigenvalue weighted by Gasteiger charge is 2.67. The van der Waals surface area contributed by atoms with Gasteiger partial charge in [0, 0.05) is 12.5 Å². The second-order valence-electron chi connectivity index (χ2n) is 7.97. The molecule has 1 N–H and O–H groups in total. The predicted molar refractivity (Wildman–Crippen MR) is 101 cm³/mol. The van der Waals surface area contributed by atoms with Gasteiger partial charge in [-0.05, 0) is 28.7 Å². The standard InChI is InChI=1S/C23H23NO3/c1-2-3-12-24-21(26)19-18-14-8-4-6-10-16(14)23(13-25,20(19)22(24)27)17-11-7-5-9-15(17)18/h4-11,18-20,25H,2-3,12-13H2,1H3/t18?,19-,20+,23?/m1/s1.